The zero-order valence-electron chi connectivity index (χ0n) is 5.20. The van der Waals surface area contributed by atoms with Gasteiger partial charge in [0.05, 0.1) is 12.2 Å². The summed E-state index contributed by atoms with van der Waals surface area (Å²) in [5, 5.41) is 0. The highest BCUT2D eigenvalue weighted by atomic mass is 16.3. The summed E-state index contributed by atoms with van der Waals surface area (Å²) in [6.45, 7) is 1.80. The van der Waals surface area contributed by atoms with Crippen LogP contribution >= 0.6 is 0 Å². The van der Waals surface area contributed by atoms with Crippen LogP contribution in [0.4, 0.5) is 0 Å². The van der Waals surface area contributed by atoms with Crippen molar-refractivity contribution in [3.8, 4) is 0 Å². The minimum absolute atomic E-state index is 0.111. The molecule has 0 amide bonds. The molecule has 1 rings (SSSR count). The van der Waals surface area contributed by atoms with Crippen LogP contribution in [0.1, 0.15) is 18.6 Å². The van der Waals surface area contributed by atoms with E-state index in [1.165, 1.54) is 0 Å². The standard InChI is InChI=1S/C7H8O2/c1-6(5-8)7-3-2-4-9-7/h2-6H,1H3/t6-/m0/s1. The van der Waals surface area contributed by atoms with Crippen LogP contribution in [0.2, 0.25) is 0 Å². The molecule has 0 saturated carbocycles. The van der Waals surface area contributed by atoms with Crippen LogP contribution in [0.15, 0.2) is 22.8 Å². The summed E-state index contributed by atoms with van der Waals surface area (Å²) >= 11 is 0. The first-order valence-corrected chi connectivity index (χ1v) is 2.83. The monoisotopic (exact) mass is 124 g/mol. The summed E-state index contributed by atoms with van der Waals surface area (Å²) < 4.78 is 4.95. The summed E-state index contributed by atoms with van der Waals surface area (Å²) in [4.78, 5) is 10.1. The lowest BCUT2D eigenvalue weighted by atomic mass is 10.1. The Morgan fingerprint density at radius 1 is 1.78 bits per heavy atom. The molecule has 0 aromatic carbocycles. The van der Waals surface area contributed by atoms with Gasteiger partial charge in [0.1, 0.15) is 12.0 Å². The van der Waals surface area contributed by atoms with Gasteiger partial charge in [0.25, 0.3) is 0 Å². The van der Waals surface area contributed by atoms with Crippen molar-refractivity contribution < 1.29 is 9.21 Å². The molecule has 1 heterocycles. The van der Waals surface area contributed by atoms with Gasteiger partial charge in [0, 0.05) is 0 Å². The third kappa shape index (κ3) is 1.19. The number of rotatable bonds is 2. The lowest BCUT2D eigenvalue weighted by Crippen LogP contribution is -1.89. The average Bonchev–Trinajstić information content (AvgIpc) is 2.37. The first-order chi connectivity index (χ1) is 4.34. The fourth-order valence-corrected chi connectivity index (χ4v) is 0.617. The molecule has 1 aromatic heterocycles. The molecule has 48 valence electrons. The highest BCUT2D eigenvalue weighted by Crippen LogP contribution is 2.11. The molecule has 9 heavy (non-hydrogen) atoms. The van der Waals surface area contributed by atoms with Crippen molar-refractivity contribution in [1.82, 2.24) is 0 Å². The Hall–Kier alpha value is -1.05. The first-order valence-electron chi connectivity index (χ1n) is 2.83. The average molecular weight is 124 g/mol. The molecule has 1 atom stereocenters. The first kappa shape index (κ1) is 6.08. The maximum atomic E-state index is 10.1. The Morgan fingerprint density at radius 3 is 3.00 bits per heavy atom. The van der Waals surface area contributed by atoms with Crippen LogP contribution in [0.5, 0.6) is 0 Å². The van der Waals surface area contributed by atoms with Crippen molar-refractivity contribution >= 4 is 6.29 Å². The van der Waals surface area contributed by atoms with Crippen LogP contribution in [0.25, 0.3) is 0 Å². The summed E-state index contributed by atoms with van der Waals surface area (Å²) in [6, 6.07) is 3.56. The Bertz CT molecular complexity index is 177. The van der Waals surface area contributed by atoms with Crippen LogP contribution in [-0.4, -0.2) is 6.29 Å². The fraction of sp³-hybridized carbons (Fsp3) is 0.286. The lowest BCUT2D eigenvalue weighted by Gasteiger charge is -1.93. The van der Waals surface area contributed by atoms with Gasteiger partial charge in [0.15, 0.2) is 0 Å². The summed E-state index contributed by atoms with van der Waals surface area (Å²) in [7, 11) is 0. The van der Waals surface area contributed by atoms with E-state index < -0.39 is 0 Å². The third-order valence-corrected chi connectivity index (χ3v) is 1.20. The normalized spacial score (nSPS) is 13.0. The van der Waals surface area contributed by atoms with Crippen molar-refractivity contribution in [2.24, 2.45) is 0 Å². The zero-order valence-corrected chi connectivity index (χ0v) is 5.20. The van der Waals surface area contributed by atoms with Crippen molar-refractivity contribution in [3.05, 3.63) is 24.2 Å². The molecule has 0 bridgehead atoms. The largest absolute Gasteiger partial charge is 0.469 e. The molecular weight excluding hydrogens is 116 g/mol. The van der Waals surface area contributed by atoms with Gasteiger partial charge in [-0.25, -0.2) is 0 Å². The molecule has 0 aliphatic rings. The number of carbonyl (C=O) groups excluding carboxylic acids is 1. The van der Waals surface area contributed by atoms with Gasteiger partial charge in [0.2, 0.25) is 0 Å². The van der Waals surface area contributed by atoms with E-state index in [0.717, 1.165) is 12.0 Å². The SMILES string of the molecule is C[C@@H](C=O)c1ccco1. The summed E-state index contributed by atoms with van der Waals surface area (Å²) in [5.41, 5.74) is 0. The highest BCUT2D eigenvalue weighted by Gasteiger charge is 2.03. The van der Waals surface area contributed by atoms with Gasteiger partial charge in [-0.1, -0.05) is 0 Å². The van der Waals surface area contributed by atoms with E-state index in [2.05, 4.69) is 0 Å². The molecule has 2 heteroatoms. The Balaban J connectivity index is 2.76. The molecule has 0 N–H and O–H groups in total. The number of furan rings is 1. The molecule has 0 unspecified atom stereocenters. The van der Waals surface area contributed by atoms with Crippen molar-refractivity contribution in [3.63, 3.8) is 0 Å². The molecule has 0 spiro atoms. The van der Waals surface area contributed by atoms with Crippen molar-refractivity contribution in [2.75, 3.05) is 0 Å². The molecule has 0 saturated heterocycles. The quantitative estimate of drug-likeness (QED) is 0.560. The van der Waals surface area contributed by atoms with Crippen molar-refractivity contribution in [1.29, 1.82) is 0 Å². The van der Waals surface area contributed by atoms with Gasteiger partial charge in [-0.15, -0.1) is 0 Å². The van der Waals surface area contributed by atoms with Crippen molar-refractivity contribution in [2.45, 2.75) is 12.8 Å². The number of hydrogen-bond acceptors (Lipinski definition) is 2. The van der Waals surface area contributed by atoms with Crippen LogP contribution in [-0.2, 0) is 4.79 Å². The van der Waals surface area contributed by atoms with Crippen LogP contribution in [0.3, 0.4) is 0 Å². The number of aldehydes is 1. The predicted molar refractivity (Wildman–Crippen MR) is 33.2 cm³/mol. The summed E-state index contributed by atoms with van der Waals surface area (Å²) in [6.07, 6.45) is 2.42. The summed E-state index contributed by atoms with van der Waals surface area (Å²) in [5.74, 6) is 0.616. The number of hydrogen-bond donors (Lipinski definition) is 0. The minimum Gasteiger partial charge on any atom is -0.469 e. The highest BCUT2D eigenvalue weighted by molar-refractivity contribution is 5.59. The smallest absolute Gasteiger partial charge is 0.130 e. The Morgan fingerprint density at radius 2 is 2.56 bits per heavy atom. The fourth-order valence-electron chi connectivity index (χ4n) is 0.617. The number of carbonyl (C=O) groups is 1. The maximum absolute atomic E-state index is 10.1. The Labute approximate surface area is 53.5 Å². The Kier molecular flexibility index (Phi) is 1.68. The van der Waals surface area contributed by atoms with E-state index in [1.807, 2.05) is 0 Å². The van der Waals surface area contributed by atoms with E-state index >= 15 is 0 Å². The van der Waals surface area contributed by atoms with Gasteiger partial charge in [-0.05, 0) is 19.1 Å². The van der Waals surface area contributed by atoms with Gasteiger partial charge in [-0.3, -0.25) is 0 Å². The topological polar surface area (TPSA) is 30.2 Å². The second-order valence-corrected chi connectivity index (χ2v) is 1.94. The van der Waals surface area contributed by atoms with E-state index in [-0.39, 0.29) is 5.92 Å². The lowest BCUT2D eigenvalue weighted by molar-refractivity contribution is -0.109. The van der Waals surface area contributed by atoms with Gasteiger partial charge < -0.3 is 9.21 Å². The van der Waals surface area contributed by atoms with Gasteiger partial charge in [-0.2, -0.15) is 0 Å². The van der Waals surface area contributed by atoms with Gasteiger partial charge >= 0.3 is 0 Å². The molecule has 0 fully saturated rings. The molecule has 1 aromatic rings. The van der Waals surface area contributed by atoms with E-state index in [1.54, 1.807) is 25.3 Å². The molecule has 2 nitrogen and oxygen atoms in total. The molecule has 0 aliphatic carbocycles. The predicted octanol–water partition coefficient (Wildman–Crippen LogP) is 1.58. The molecule has 0 radical (unpaired) electrons. The zero-order chi connectivity index (χ0) is 6.69. The third-order valence-electron chi connectivity index (χ3n) is 1.20. The molecular formula is C7H8O2. The minimum atomic E-state index is -0.111. The second kappa shape index (κ2) is 2.49. The van der Waals surface area contributed by atoms with Crippen LogP contribution in [0, 0.1) is 0 Å². The maximum Gasteiger partial charge on any atom is 0.130 e. The van der Waals surface area contributed by atoms with E-state index in [0.29, 0.717) is 0 Å². The van der Waals surface area contributed by atoms with E-state index in [9.17, 15) is 4.79 Å². The van der Waals surface area contributed by atoms with Crippen LogP contribution < -0.4 is 0 Å². The second-order valence-electron chi connectivity index (χ2n) is 1.94. The van der Waals surface area contributed by atoms with E-state index in [4.69, 9.17) is 4.42 Å². The molecule has 0 aliphatic heterocycles.